The fourth-order valence-corrected chi connectivity index (χ4v) is 17.6. The molecule has 20 atom stereocenters. The van der Waals surface area contributed by atoms with Gasteiger partial charge < -0.3 is 99.2 Å². The molecular formula is C100H149N23O25. The molecule has 2 fully saturated rings. The van der Waals surface area contributed by atoms with Gasteiger partial charge in [-0.2, -0.15) is 0 Å². The Morgan fingerprint density at radius 2 is 1.07 bits per heavy atom. The number of aromatic amines is 2. The van der Waals surface area contributed by atoms with Crippen LogP contribution >= 0.6 is 0 Å². The molecular weight excluding hydrogens is 1920 g/mol. The summed E-state index contributed by atoms with van der Waals surface area (Å²) in [6.45, 7) is 14.1. The number of nitrogens with zero attached hydrogens (tertiary/aromatic N) is 3. The lowest BCUT2D eigenvalue weighted by Gasteiger charge is -2.30. The summed E-state index contributed by atoms with van der Waals surface area (Å²) in [5.41, 5.74) is 32.3. The number of likely N-dealkylation sites (tertiary alicyclic amines) is 2. The lowest BCUT2D eigenvalue weighted by atomic mass is 9.87. The average Bonchev–Trinajstić information content (AvgIpc) is 1.63. The van der Waals surface area contributed by atoms with Crippen molar-refractivity contribution in [1.82, 2.24) is 99.7 Å². The van der Waals surface area contributed by atoms with E-state index in [2.05, 4.69) is 84.6 Å². The highest BCUT2D eigenvalue weighted by Gasteiger charge is 2.46. The first-order chi connectivity index (χ1) is 70.5. The Bertz CT molecular complexity index is 5350. The van der Waals surface area contributed by atoms with Crippen molar-refractivity contribution in [3.63, 3.8) is 0 Å². The monoisotopic (exact) mass is 2070 g/mol. The molecule has 0 radical (unpaired) electrons. The molecule has 0 aliphatic carbocycles. The summed E-state index contributed by atoms with van der Waals surface area (Å²) in [6, 6.07) is -2.50. The zero-order valence-electron chi connectivity index (χ0n) is 86.2. The quantitative estimate of drug-likeness (QED) is 0.00807. The molecule has 2 aliphatic heterocycles. The molecule has 27 N–H and O–H groups in total. The lowest BCUT2D eigenvalue weighted by Crippen LogP contribution is -2.63. The third-order valence-corrected chi connectivity index (χ3v) is 27.3. The number of benzene rings is 3. The van der Waals surface area contributed by atoms with Gasteiger partial charge >= 0.3 is 6.09 Å². The number of H-pyrrole nitrogens is 2. The number of unbranched alkanes of at least 4 members (excludes halogenated alkanes) is 1. The first kappa shape index (κ1) is 122. The number of aromatic nitrogens is 3. The number of carbonyl (C=O) groups is 19. The van der Waals surface area contributed by atoms with Crippen molar-refractivity contribution in [3.05, 3.63) is 107 Å². The summed E-state index contributed by atoms with van der Waals surface area (Å²) in [7, 11) is 4.39. The highest BCUT2D eigenvalue weighted by Crippen LogP contribution is 2.38. The predicted octanol–water partition coefficient (Wildman–Crippen LogP) is -2.84. The Kier molecular flexibility index (Phi) is 49.8. The minimum atomic E-state index is -1.90. The van der Waals surface area contributed by atoms with Crippen LogP contribution in [0, 0.1) is 23.7 Å². The number of amides is 9. The third-order valence-electron chi connectivity index (χ3n) is 27.3. The maximum atomic E-state index is 15.7. The van der Waals surface area contributed by atoms with Gasteiger partial charge in [-0.05, 0) is 113 Å². The first-order valence-corrected chi connectivity index (χ1v) is 50.0. The number of ketones is 10. The number of carbonyl (C=O) groups excluding carboxylic acids is 18. The first-order valence-electron chi connectivity index (χ1n) is 50.0. The number of hydrogen-bond donors (Lipinski definition) is 23. The number of rotatable bonds is 71. The number of aliphatic hydroxyl groups is 2. The Balaban J connectivity index is 1.06. The molecule has 48 heteroatoms. The van der Waals surface area contributed by atoms with E-state index in [1.165, 1.54) is 38.8 Å². The second-order valence-corrected chi connectivity index (χ2v) is 37.7. The van der Waals surface area contributed by atoms with Gasteiger partial charge in [0.1, 0.15) is 41.4 Å². The molecule has 2 saturated heterocycles. The smallest absolute Gasteiger partial charge is 0.405 e. The minimum absolute atomic E-state index is 0.0388. The van der Waals surface area contributed by atoms with Crippen LogP contribution in [0.4, 0.5) is 4.79 Å². The van der Waals surface area contributed by atoms with Crippen LogP contribution in [0.3, 0.4) is 0 Å². The van der Waals surface area contributed by atoms with Gasteiger partial charge in [-0.25, -0.2) is 36.9 Å². The van der Waals surface area contributed by atoms with Gasteiger partial charge in [-0.3, -0.25) is 107 Å². The highest BCUT2D eigenvalue weighted by atomic mass is 16.5. The number of fused-ring (bicyclic) bond motifs is 1. The Labute approximate surface area is 858 Å². The van der Waals surface area contributed by atoms with Crippen LogP contribution in [-0.2, 0) is 112 Å². The van der Waals surface area contributed by atoms with E-state index in [1.54, 1.807) is 134 Å². The number of methoxy groups -OCH3 is 3. The maximum Gasteiger partial charge on any atom is 0.405 e. The molecule has 4 heterocycles. The zero-order valence-corrected chi connectivity index (χ0v) is 86.2. The average molecular weight is 2070 g/mol. The normalized spacial score (nSPS) is 17.4. The lowest BCUT2D eigenvalue weighted by molar-refractivity contribution is -0.142. The molecule has 2 aromatic heterocycles. The van der Waals surface area contributed by atoms with E-state index in [0.717, 1.165) is 6.92 Å². The van der Waals surface area contributed by atoms with E-state index in [4.69, 9.17) is 37.3 Å². The minimum Gasteiger partial charge on any atom is -0.496 e. The van der Waals surface area contributed by atoms with E-state index in [0.29, 0.717) is 94.9 Å². The summed E-state index contributed by atoms with van der Waals surface area (Å²) in [4.78, 5) is 281. The molecule has 814 valence electrons. The summed E-state index contributed by atoms with van der Waals surface area (Å²) < 4.78 is 17.3. The molecule has 0 bridgehead atoms. The van der Waals surface area contributed by atoms with Crippen LogP contribution in [0.25, 0.3) is 10.9 Å². The molecule has 9 amide bonds. The Morgan fingerprint density at radius 3 is 1.66 bits per heavy atom. The summed E-state index contributed by atoms with van der Waals surface area (Å²) in [5.74, 6) is -13.3. The number of carboxylic acid groups (broad SMARTS) is 1. The molecule has 148 heavy (non-hydrogen) atoms. The van der Waals surface area contributed by atoms with Crippen molar-refractivity contribution in [1.29, 1.82) is 0 Å². The van der Waals surface area contributed by atoms with Gasteiger partial charge in [-0.1, -0.05) is 136 Å². The number of imidazole rings is 1. The molecule has 48 nitrogen and oxygen atoms in total. The highest BCUT2D eigenvalue weighted by molar-refractivity contribution is 6.43. The zero-order chi connectivity index (χ0) is 109. The van der Waals surface area contributed by atoms with Crippen LogP contribution in [0.1, 0.15) is 181 Å². The SMILES string of the molecule is CC[C@H](C)C(NC(=O)[C@H](CC(N)=O)NC(=O)O)C(=O)N[C@@H](Cc1c[nH]cn1)C(=O)CN1CCC[C@H]1C(=O)C(=O)[C@H](CCCCN)NCC(=O)[C@H](C)NCN1CCC[C@H]1C(=O)NC(C(=O)C(=O)C(Cc1c(Cc2c(OC)cc(OC)cc2OC)[nH]c2ccccc12)NC(=O)CNNC(C(=O)C(=O)C(NC(=O)[C@@H](NC(=O)[C@H](CO)NN[C@@H](CC(N)=O)C(=O)C(=O)[C@H](Cc1ccccc1)NN)[C@@H](C)O)[C@@H](C)CC)[C@@H](C)CC)[C@@H](C)CC. The Hall–Kier alpha value is -13.0. The van der Waals surface area contributed by atoms with E-state index in [1.807, 2.05) is 5.32 Å². The van der Waals surface area contributed by atoms with Gasteiger partial charge in [0, 0.05) is 73.0 Å². The number of nitrogens with one attached hydrogen (secondary N) is 16. The molecule has 7 rings (SSSR count). The number of aliphatic hydroxyl groups excluding tert-OH is 2. The molecule has 2 aliphatic rings. The van der Waals surface area contributed by atoms with Gasteiger partial charge in [0.15, 0.2) is 11.6 Å². The number of nitrogens with two attached hydrogens (primary N) is 4. The van der Waals surface area contributed by atoms with Crippen molar-refractivity contribution in [2.45, 2.75) is 275 Å². The number of para-hydroxylation sites is 1. The second kappa shape index (κ2) is 60.5. The number of ether oxygens (including phenoxy) is 3. The molecule has 5 aromatic rings. The van der Waals surface area contributed by atoms with Crippen LogP contribution < -0.4 is 112 Å². The van der Waals surface area contributed by atoms with Crippen molar-refractivity contribution < 1.29 is 121 Å². The predicted molar refractivity (Wildman–Crippen MR) is 541 cm³/mol. The number of Topliss-reactive ketones (excluding diaryl/α,β-unsaturated/α-hetero) is 10. The summed E-state index contributed by atoms with van der Waals surface area (Å²) >= 11 is 0. The van der Waals surface area contributed by atoms with Crippen LogP contribution in [0.5, 0.6) is 17.2 Å². The Morgan fingerprint density at radius 1 is 0.520 bits per heavy atom. The maximum absolute atomic E-state index is 15.7. The van der Waals surface area contributed by atoms with Gasteiger partial charge in [0.2, 0.25) is 93.5 Å². The topological polar surface area (TPSA) is 736 Å². The van der Waals surface area contributed by atoms with Gasteiger partial charge in [0.25, 0.3) is 0 Å². The van der Waals surface area contributed by atoms with E-state index in [9.17, 15) is 96.8 Å². The largest absolute Gasteiger partial charge is 0.496 e. The standard InChI is InChI=1S/C100H149N23O25/c1-14-52(5)82(114-97(141)74-33-26-36-123(74)51-108-56(9)75(126)46-106-65(31-23-24-34-101)87(131)91(135)73-32-25-35-122(73)48-76(127)67(38-59-45-105-50-107-59)112-98(142)85(55(8)17-4)116-95(139)71(44-80(103)129)113-100(144)145)92(136)88(132)68(41-62-61-29-21-22-30-64(61)110-66(62)42-63-77(147-12)39-60(146-11)40-78(63)148-13)111-81(130)47-109-121-84(54(7)16-3)94(138)93(137)83(53(6)15-2)115-99(143)86(57(10)125)117-96(140)72(49-124)120-119-70(43-79(102)128)90(134)89(133)69(118-104)37-58-27-19-18-20-28-58/h18-22,27-30,39-40,45,50,52-57,65,67-74,82-86,106,108-110,113,118-121,124-125H,14-17,23-26,31-38,41-44,46-49,51,101,104H2,1-13H3,(H2,102,128)(H2,103,129)(H,105,107)(H,111,130)(H,112,142)(H,114,141)(H,115,143)(H,116,139)(H,117,140)(H,144,145)/t52-,53-,54-,55-,56-,57+,65-,67-,68?,69-,70-,71-,72-,73-,74-,82?,83?,84?,85?,86-/m0/s1. The second-order valence-electron chi connectivity index (χ2n) is 37.7. The molecule has 3 aromatic carbocycles. The molecule has 5 unspecified atom stereocenters. The van der Waals surface area contributed by atoms with Gasteiger partial charge in [-0.15, -0.1) is 0 Å². The number of hydrogen-bond acceptors (Lipinski definition) is 36. The van der Waals surface area contributed by atoms with Crippen molar-refractivity contribution >= 4 is 122 Å². The fourth-order valence-electron chi connectivity index (χ4n) is 17.6. The molecule has 0 saturated carbocycles. The van der Waals surface area contributed by atoms with Crippen LogP contribution in [0.15, 0.2) is 79.3 Å². The van der Waals surface area contributed by atoms with Crippen LogP contribution in [-0.4, -0.2) is 322 Å². The third kappa shape index (κ3) is 35.1. The van der Waals surface area contributed by atoms with Crippen LogP contribution in [0.2, 0.25) is 0 Å². The number of primary amides is 2. The van der Waals surface area contributed by atoms with Crippen molar-refractivity contribution in [2.75, 3.05) is 73.9 Å². The van der Waals surface area contributed by atoms with Gasteiger partial charge in [0.05, 0.1) is 145 Å². The fraction of sp³-hybridized carbons (Fsp3) is 0.580. The van der Waals surface area contributed by atoms with E-state index < -0.39 is 271 Å². The van der Waals surface area contributed by atoms with Crippen molar-refractivity contribution in [2.24, 2.45) is 46.7 Å². The van der Waals surface area contributed by atoms with E-state index >= 15 is 9.59 Å². The van der Waals surface area contributed by atoms with Crippen molar-refractivity contribution in [3.8, 4) is 17.2 Å². The summed E-state index contributed by atoms with van der Waals surface area (Å²) in [6.07, 6.45) is 0.724. The van der Waals surface area contributed by atoms with E-state index in [-0.39, 0.29) is 84.0 Å². The summed E-state index contributed by atoms with van der Waals surface area (Å²) in [5, 5.41) is 55.2. The molecule has 0 spiro atoms. The number of hydrazine groups is 3.